The number of pyridine rings is 2. The molecule has 1 aliphatic rings. The molecule has 1 N–H and O–H groups in total. The molecule has 0 radical (unpaired) electrons. The molecule has 1 fully saturated rings. The first-order chi connectivity index (χ1) is 17.4. The van der Waals surface area contributed by atoms with Crippen molar-refractivity contribution in [3.05, 3.63) is 80.1 Å². The number of halogens is 1. The van der Waals surface area contributed by atoms with Crippen LogP contribution in [0.1, 0.15) is 5.56 Å². The largest absolute Gasteiger partial charge is 0.374 e. The predicted octanol–water partition coefficient (Wildman–Crippen LogP) is 2.94. The SMILES string of the molecule is CNc1ncc2cc(-c3ccc(-n4cccc(C)c4=O)cc3Cl)c(=O)n(CCOC3CN(C)C3)c2n1. The van der Waals surface area contributed by atoms with E-state index in [0.717, 1.165) is 13.1 Å². The Labute approximate surface area is 212 Å². The Hall–Kier alpha value is -3.53. The molecular formula is C26H27ClN6O3. The molecule has 0 saturated carbocycles. The maximum atomic E-state index is 13.7. The van der Waals surface area contributed by atoms with E-state index in [1.807, 2.05) is 13.1 Å². The van der Waals surface area contributed by atoms with Crippen molar-refractivity contribution in [3.63, 3.8) is 0 Å². The molecule has 1 aromatic carbocycles. The lowest BCUT2D eigenvalue weighted by Gasteiger charge is -2.35. The van der Waals surface area contributed by atoms with Crippen LogP contribution < -0.4 is 16.4 Å². The van der Waals surface area contributed by atoms with E-state index in [2.05, 4.69) is 20.2 Å². The molecule has 1 saturated heterocycles. The van der Waals surface area contributed by atoms with Gasteiger partial charge in [-0.3, -0.25) is 18.7 Å². The lowest BCUT2D eigenvalue weighted by Crippen LogP contribution is -2.50. The van der Waals surface area contributed by atoms with E-state index in [0.29, 0.717) is 57.5 Å². The molecule has 0 aliphatic carbocycles. The van der Waals surface area contributed by atoms with Crippen molar-refractivity contribution in [2.75, 3.05) is 39.1 Å². The van der Waals surface area contributed by atoms with Gasteiger partial charge in [0.1, 0.15) is 5.65 Å². The van der Waals surface area contributed by atoms with E-state index >= 15 is 0 Å². The highest BCUT2D eigenvalue weighted by molar-refractivity contribution is 6.33. The summed E-state index contributed by atoms with van der Waals surface area (Å²) >= 11 is 6.68. The fourth-order valence-corrected chi connectivity index (χ4v) is 4.69. The second-order valence-electron chi connectivity index (χ2n) is 8.98. The molecule has 4 heterocycles. The number of anilines is 1. The molecule has 3 aromatic heterocycles. The highest BCUT2D eigenvalue weighted by Gasteiger charge is 2.24. The third-order valence-electron chi connectivity index (χ3n) is 6.41. The Morgan fingerprint density at radius 3 is 2.67 bits per heavy atom. The van der Waals surface area contributed by atoms with Crippen LogP contribution in [0.25, 0.3) is 27.8 Å². The fraction of sp³-hybridized carbons (Fsp3) is 0.308. The average Bonchev–Trinajstić information content (AvgIpc) is 2.85. The number of ether oxygens (including phenoxy) is 1. The number of benzene rings is 1. The first kappa shape index (κ1) is 24.2. The van der Waals surface area contributed by atoms with Gasteiger partial charge in [-0.25, -0.2) is 4.98 Å². The number of likely N-dealkylation sites (tertiary alicyclic amines) is 1. The van der Waals surface area contributed by atoms with Crippen molar-refractivity contribution < 1.29 is 4.74 Å². The van der Waals surface area contributed by atoms with Crippen LogP contribution in [0.5, 0.6) is 0 Å². The highest BCUT2D eigenvalue weighted by atomic mass is 35.5. The van der Waals surface area contributed by atoms with Crippen LogP contribution in [0.2, 0.25) is 5.02 Å². The van der Waals surface area contributed by atoms with E-state index in [1.54, 1.807) is 61.3 Å². The van der Waals surface area contributed by atoms with Crippen molar-refractivity contribution in [2.45, 2.75) is 19.6 Å². The topological polar surface area (TPSA) is 94.3 Å². The zero-order chi connectivity index (χ0) is 25.4. The molecule has 186 valence electrons. The average molecular weight is 507 g/mol. The van der Waals surface area contributed by atoms with Crippen LogP contribution in [0.3, 0.4) is 0 Å². The highest BCUT2D eigenvalue weighted by Crippen LogP contribution is 2.29. The molecule has 1 aliphatic heterocycles. The normalized spacial score (nSPS) is 14.2. The molecule has 4 aromatic rings. The van der Waals surface area contributed by atoms with Gasteiger partial charge in [0.05, 0.1) is 30.0 Å². The molecular weight excluding hydrogens is 480 g/mol. The molecule has 10 heteroatoms. The Kier molecular flexibility index (Phi) is 6.61. The summed E-state index contributed by atoms with van der Waals surface area (Å²) in [6.07, 6.45) is 3.55. The molecule has 0 bridgehead atoms. The first-order valence-electron chi connectivity index (χ1n) is 11.7. The summed E-state index contributed by atoms with van der Waals surface area (Å²) in [5, 5.41) is 4.00. The van der Waals surface area contributed by atoms with Gasteiger partial charge in [-0.2, -0.15) is 4.98 Å². The lowest BCUT2D eigenvalue weighted by atomic mass is 10.1. The van der Waals surface area contributed by atoms with Crippen LogP contribution in [-0.2, 0) is 11.3 Å². The third-order valence-corrected chi connectivity index (χ3v) is 6.72. The summed E-state index contributed by atoms with van der Waals surface area (Å²) in [5.74, 6) is 0.427. The molecule has 0 unspecified atom stereocenters. The van der Waals surface area contributed by atoms with E-state index in [4.69, 9.17) is 16.3 Å². The van der Waals surface area contributed by atoms with E-state index < -0.39 is 0 Å². The van der Waals surface area contributed by atoms with Gasteiger partial charge in [-0.15, -0.1) is 0 Å². The zero-order valence-electron chi connectivity index (χ0n) is 20.4. The number of likely N-dealkylation sites (N-methyl/N-ethyl adjacent to an activating group) is 1. The summed E-state index contributed by atoms with van der Waals surface area (Å²) in [4.78, 5) is 37.3. The zero-order valence-corrected chi connectivity index (χ0v) is 21.1. The minimum absolute atomic E-state index is 0.121. The smallest absolute Gasteiger partial charge is 0.260 e. The number of rotatable bonds is 7. The molecule has 0 atom stereocenters. The summed E-state index contributed by atoms with van der Waals surface area (Å²) in [6.45, 7) is 4.26. The van der Waals surface area contributed by atoms with Crippen LogP contribution in [-0.4, -0.2) is 63.9 Å². The number of aromatic nitrogens is 4. The quantitative estimate of drug-likeness (QED) is 0.412. The van der Waals surface area contributed by atoms with E-state index in [9.17, 15) is 9.59 Å². The van der Waals surface area contributed by atoms with Crippen molar-refractivity contribution in [3.8, 4) is 16.8 Å². The fourth-order valence-electron chi connectivity index (χ4n) is 4.42. The molecule has 0 amide bonds. The predicted molar refractivity (Wildman–Crippen MR) is 141 cm³/mol. The lowest BCUT2D eigenvalue weighted by molar-refractivity contribution is -0.0454. The van der Waals surface area contributed by atoms with Crippen molar-refractivity contribution in [1.29, 1.82) is 0 Å². The van der Waals surface area contributed by atoms with E-state index in [-0.39, 0.29) is 17.2 Å². The number of hydrogen-bond donors (Lipinski definition) is 1. The van der Waals surface area contributed by atoms with Crippen LogP contribution >= 0.6 is 11.6 Å². The number of fused-ring (bicyclic) bond motifs is 1. The summed E-state index contributed by atoms with van der Waals surface area (Å²) in [7, 11) is 3.77. The van der Waals surface area contributed by atoms with Crippen molar-refractivity contribution in [2.24, 2.45) is 0 Å². The van der Waals surface area contributed by atoms with Crippen LogP contribution in [0.4, 0.5) is 5.95 Å². The van der Waals surface area contributed by atoms with Gasteiger partial charge in [0.2, 0.25) is 5.95 Å². The third kappa shape index (κ3) is 4.53. The molecule has 36 heavy (non-hydrogen) atoms. The number of hydrogen-bond acceptors (Lipinski definition) is 7. The number of aryl methyl sites for hydroxylation is 1. The maximum absolute atomic E-state index is 13.7. The molecule has 0 spiro atoms. The number of nitrogens with one attached hydrogen (secondary N) is 1. The molecule has 9 nitrogen and oxygen atoms in total. The van der Waals surface area contributed by atoms with Gasteiger partial charge < -0.3 is 15.0 Å². The van der Waals surface area contributed by atoms with Crippen molar-refractivity contribution >= 4 is 28.6 Å². The summed E-state index contributed by atoms with van der Waals surface area (Å²) in [6, 6.07) is 10.6. The maximum Gasteiger partial charge on any atom is 0.260 e. The van der Waals surface area contributed by atoms with Gasteiger partial charge in [0.15, 0.2) is 0 Å². The Morgan fingerprint density at radius 2 is 1.94 bits per heavy atom. The Bertz CT molecular complexity index is 1560. The van der Waals surface area contributed by atoms with Crippen LogP contribution in [0.15, 0.2) is 58.4 Å². The number of nitrogens with zero attached hydrogens (tertiary/aromatic N) is 5. The summed E-state index contributed by atoms with van der Waals surface area (Å²) < 4.78 is 9.10. The van der Waals surface area contributed by atoms with Crippen LogP contribution in [0, 0.1) is 6.92 Å². The summed E-state index contributed by atoms with van der Waals surface area (Å²) in [5.41, 5.74) is 2.44. The van der Waals surface area contributed by atoms with Gasteiger partial charge in [-0.1, -0.05) is 23.7 Å². The standard InChI is InChI=1S/C26H27ClN6O3/c1-16-5-4-8-32(24(16)34)18-6-7-20(22(27)12-18)21-11-17-13-29-26(28-2)30-23(17)33(25(21)35)9-10-36-19-14-31(3)15-19/h4-8,11-13,19H,9-10,14-15H2,1-3H3,(H,28,29,30). The van der Waals surface area contributed by atoms with Gasteiger partial charge in [0.25, 0.3) is 11.1 Å². The van der Waals surface area contributed by atoms with Gasteiger partial charge in [-0.05, 0) is 38.2 Å². The van der Waals surface area contributed by atoms with Crippen molar-refractivity contribution in [1.82, 2.24) is 24.0 Å². The van der Waals surface area contributed by atoms with Gasteiger partial charge >= 0.3 is 0 Å². The second kappa shape index (κ2) is 9.85. The monoisotopic (exact) mass is 506 g/mol. The van der Waals surface area contributed by atoms with E-state index in [1.165, 1.54) is 4.57 Å². The first-order valence-corrected chi connectivity index (χ1v) is 12.1. The second-order valence-corrected chi connectivity index (χ2v) is 9.39. The Balaban J connectivity index is 1.56. The molecule has 5 rings (SSSR count). The minimum atomic E-state index is -0.222. The van der Waals surface area contributed by atoms with Gasteiger partial charge in [0, 0.05) is 54.6 Å². The minimum Gasteiger partial charge on any atom is -0.374 e. The Morgan fingerprint density at radius 1 is 1.14 bits per heavy atom.